The van der Waals surface area contributed by atoms with Crippen LogP contribution in [0.1, 0.15) is 25.3 Å². The predicted molar refractivity (Wildman–Crippen MR) is 145 cm³/mol. The van der Waals surface area contributed by atoms with E-state index < -0.39 is 33.9 Å². The number of benzene rings is 2. The summed E-state index contributed by atoms with van der Waals surface area (Å²) < 4.78 is 38.0. The fraction of sp³-hybridized carbons (Fsp3) is 0.414. The van der Waals surface area contributed by atoms with Crippen LogP contribution in [0.15, 0.2) is 65.7 Å². The Morgan fingerprint density at radius 1 is 1.05 bits per heavy atom. The third-order valence-electron chi connectivity index (χ3n) is 7.77. The van der Waals surface area contributed by atoms with Gasteiger partial charge in [0.05, 0.1) is 30.7 Å². The zero-order valence-electron chi connectivity index (χ0n) is 22.3. The van der Waals surface area contributed by atoms with Crippen molar-refractivity contribution in [2.24, 2.45) is 17.8 Å². The number of carbonyl (C=O) groups is 2. The molecule has 0 spiro atoms. The van der Waals surface area contributed by atoms with Crippen LogP contribution >= 0.6 is 0 Å². The molecule has 10 heteroatoms. The maximum atomic E-state index is 13.4. The molecular formula is C29H33N3O6S. The fourth-order valence-corrected chi connectivity index (χ4v) is 7.24. The first kappa shape index (κ1) is 28.3. The third-order valence-corrected chi connectivity index (χ3v) is 9.46. The van der Waals surface area contributed by atoms with E-state index >= 15 is 0 Å². The van der Waals surface area contributed by atoms with Crippen molar-refractivity contribution in [1.29, 1.82) is 5.26 Å². The van der Waals surface area contributed by atoms with Crippen molar-refractivity contribution in [3.63, 3.8) is 0 Å². The number of piperidine rings is 1. The topological polar surface area (TPSA) is 119 Å². The Morgan fingerprint density at radius 2 is 1.69 bits per heavy atom. The summed E-state index contributed by atoms with van der Waals surface area (Å²) in [6, 6.07) is 17.6. The molecule has 9 nitrogen and oxygen atoms in total. The second kappa shape index (κ2) is 12.0. The summed E-state index contributed by atoms with van der Waals surface area (Å²) in [4.78, 5) is 27.3. The monoisotopic (exact) mass is 551 g/mol. The molecule has 2 heterocycles. The summed E-state index contributed by atoms with van der Waals surface area (Å²) in [5.74, 6) is -3.00. The lowest BCUT2D eigenvalue weighted by molar-refractivity contribution is -0.164. The largest absolute Gasteiger partial charge is 0.468 e. The second-order valence-corrected chi connectivity index (χ2v) is 11.5. The van der Waals surface area contributed by atoms with Crippen molar-refractivity contribution in [3.8, 4) is 6.07 Å². The van der Waals surface area contributed by atoms with Gasteiger partial charge in [-0.25, -0.2) is 12.4 Å². The Morgan fingerprint density at radius 3 is 2.31 bits per heavy atom. The molecule has 1 aliphatic heterocycles. The van der Waals surface area contributed by atoms with Crippen LogP contribution < -0.4 is 0 Å². The van der Waals surface area contributed by atoms with Crippen LogP contribution in [0.4, 0.5) is 0 Å². The number of likely N-dealkylation sites (tertiary alicyclic amines) is 1. The minimum atomic E-state index is -3.79. The molecular weight excluding hydrogens is 518 g/mol. The summed E-state index contributed by atoms with van der Waals surface area (Å²) in [5.41, 5.74) is 1.45. The van der Waals surface area contributed by atoms with Gasteiger partial charge in [-0.15, -0.1) is 0 Å². The van der Waals surface area contributed by atoms with Gasteiger partial charge in [0.25, 0.3) is 10.0 Å². The van der Waals surface area contributed by atoms with Crippen molar-refractivity contribution in [2.45, 2.75) is 37.1 Å². The van der Waals surface area contributed by atoms with E-state index in [0.717, 1.165) is 10.9 Å². The maximum Gasteiger partial charge on any atom is 0.320 e. The molecule has 3 atom stereocenters. The van der Waals surface area contributed by atoms with Crippen LogP contribution in [0.5, 0.6) is 0 Å². The molecule has 3 aromatic rings. The zero-order chi connectivity index (χ0) is 28.2. The van der Waals surface area contributed by atoms with Gasteiger partial charge < -0.3 is 9.47 Å². The molecule has 2 aromatic carbocycles. The molecule has 1 aromatic heterocycles. The van der Waals surface area contributed by atoms with E-state index in [4.69, 9.17) is 9.47 Å². The van der Waals surface area contributed by atoms with Gasteiger partial charge in [-0.3, -0.25) is 14.5 Å². The number of ether oxygens (including phenoxy) is 2. The van der Waals surface area contributed by atoms with Gasteiger partial charge in [0.15, 0.2) is 5.92 Å². The third kappa shape index (κ3) is 5.42. The highest BCUT2D eigenvalue weighted by Gasteiger charge is 2.47. The number of carbonyl (C=O) groups excluding carboxylic acids is 2. The Labute approximate surface area is 229 Å². The van der Waals surface area contributed by atoms with Crippen molar-refractivity contribution in [2.75, 3.05) is 27.3 Å². The first-order chi connectivity index (χ1) is 18.8. The number of para-hydroxylation sites is 1. The van der Waals surface area contributed by atoms with E-state index in [1.807, 2.05) is 25.1 Å². The van der Waals surface area contributed by atoms with Gasteiger partial charge in [-0.2, -0.15) is 5.26 Å². The Balaban J connectivity index is 1.60. The summed E-state index contributed by atoms with van der Waals surface area (Å²) >= 11 is 0. The molecule has 0 unspecified atom stereocenters. The van der Waals surface area contributed by atoms with Crippen LogP contribution in [-0.2, 0) is 35.5 Å². The first-order valence-corrected chi connectivity index (χ1v) is 14.4. The first-order valence-electron chi connectivity index (χ1n) is 13.0. The second-order valence-electron chi connectivity index (χ2n) is 9.69. The van der Waals surface area contributed by atoms with Gasteiger partial charge >= 0.3 is 11.9 Å². The number of nitrogens with zero attached hydrogens (tertiary/aromatic N) is 3. The molecule has 0 amide bonds. The van der Waals surface area contributed by atoms with Gasteiger partial charge in [0.1, 0.15) is 6.04 Å². The van der Waals surface area contributed by atoms with E-state index in [-0.39, 0.29) is 16.7 Å². The lowest BCUT2D eigenvalue weighted by Crippen LogP contribution is -2.52. The maximum absolute atomic E-state index is 13.4. The molecule has 1 aliphatic rings. The van der Waals surface area contributed by atoms with Gasteiger partial charge in [0.2, 0.25) is 0 Å². The van der Waals surface area contributed by atoms with Crippen molar-refractivity contribution in [3.05, 3.63) is 66.4 Å². The highest BCUT2D eigenvalue weighted by Crippen LogP contribution is 2.38. The smallest absolute Gasteiger partial charge is 0.320 e. The molecule has 0 N–H and O–H groups in total. The van der Waals surface area contributed by atoms with E-state index in [9.17, 15) is 23.3 Å². The highest BCUT2D eigenvalue weighted by atomic mass is 32.2. The SMILES string of the molecule is CC[C@H]1[C@H](C(C(=O)OC)C(=O)OC)CCN(CCc2cn(S(=O)(=O)c3ccccc3)c3ccccc23)[C@H]1C#N. The number of hydrogen-bond acceptors (Lipinski definition) is 8. The Bertz CT molecular complexity index is 1460. The number of rotatable bonds is 9. The number of hydrogen-bond donors (Lipinski definition) is 0. The zero-order valence-corrected chi connectivity index (χ0v) is 23.1. The average Bonchev–Trinajstić information content (AvgIpc) is 3.35. The predicted octanol–water partition coefficient (Wildman–Crippen LogP) is 3.62. The number of esters is 2. The molecule has 0 saturated carbocycles. The average molecular weight is 552 g/mol. The van der Waals surface area contributed by atoms with Crippen molar-refractivity contribution < 1.29 is 27.5 Å². The van der Waals surface area contributed by atoms with Gasteiger partial charge in [0, 0.05) is 18.1 Å². The standard InChI is InChI=1S/C29H33N3O6S/c1-4-22-24(27(28(33)37-2)29(34)38-3)15-17-31(26(22)18-30)16-14-20-19-32(25-13-9-8-12-23(20)25)39(35,36)21-10-6-5-7-11-21/h5-13,19,22,24,26-27H,4,14-17H2,1-3H3/t22-,24+,26-/m0/s1. The lowest BCUT2D eigenvalue weighted by Gasteiger charge is -2.43. The van der Waals surface area contributed by atoms with Crippen LogP contribution in [0.25, 0.3) is 10.9 Å². The molecule has 0 aliphatic carbocycles. The molecule has 1 fully saturated rings. The summed E-state index contributed by atoms with van der Waals surface area (Å²) in [5, 5.41) is 11.0. The van der Waals surface area contributed by atoms with E-state index in [2.05, 4.69) is 11.0 Å². The fourth-order valence-electron chi connectivity index (χ4n) is 5.83. The normalized spacial score (nSPS) is 20.0. The molecule has 4 rings (SSSR count). The number of nitriles is 1. The van der Waals surface area contributed by atoms with Gasteiger partial charge in [-0.05, 0) is 55.0 Å². The Hall–Kier alpha value is -3.68. The number of fused-ring (bicyclic) bond motifs is 1. The molecule has 0 bridgehead atoms. The summed E-state index contributed by atoms with van der Waals surface area (Å²) in [6.07, 6.45) is 3.31. The van der Waals surface area contributed by atoms with Gasteiger partial charge in [-0.1, -0.05) is 49.7 Å². The quantitative estimate of drug-likeness (QED) is 0.292. The van der Waals surface area contributed by atoms with Crippen LogP contribution in [0.3, 0.4) is 0 Å². The van der Waals surface area contributed by atoms with E-state index in [1.54, 1.807) is 42.6 Å². The number of aromatic nitrogens is 1. The van der Waals surface area contributed by atoms with Crippen molar-refractivity contribution >= 4 is 32.9 Å². The van der Waals surface area contributed by atoms with Crippen LogP contribution in [-0.4, -0.2) is 62.6 Å². The minimum absolute atomic E-state index is 0.209. The molecule has 206 valence electrons. The van der Waals surface area contributed by atoms with Crippen LogP contribution in [0.2, 0.25) is 0 Å². The molecule has 0 radical (unpaired) electrons. The number of methoxy groups -OCH3 is 2. The van der Waals surface area contributed by atoms with Crippen molar-refractivity contribution in [1.82, 2.24) is 8.87 Å². The van der Waals surface area contributed by atoms with Crippen LogP contribution in [0, 0.1) is 29.1 Å². The van der Waals surface area contributed by atoms with E-state index in [0.29, 0.717) is 37.9 Å². The summed E-state index contributed by atoms with van der Waals surface area (Å²) in [7, 11) is -1.31. The molecule has 39 heavy (non-hydrogen) atoms. The van der Waals surface area contributed by atoms with E-state index in [1.165, 1.54) is 18.2 Å². The summed E-state index contributed by atoms with van der Waals surface area (Å²) in [6.45, 7) is 2.96. The minimum Gasteiger partial charge on any atom is -0.468 e. The Kier molecular flexibility index (Phi) is 8.73. The highest BCUT2D eigenvalue weighted by molar-refractivity contribution is 7.90. The molecule has 1 saturated heterocycles. The lowest BCUT2D eigenvalue weighted by atomic mass is 9.71.